The molecule has 0 bridgehead atoms. The first kappa shape index (κ1) is 14.2. The highest BCUT2D eigenvalue weighted by Crippen LogP contribution is 2.24. The normalized spacial score (nSPS) is 10.6. The molecule has 0 unspecified atom stereocenters. The molecule has 0 N–H and O–H groups in total. The van der Waals surface area contributed by atoms with Crippen LogP contribution >= 0.6 is 12.6 Å². The summed E-state index contributed by atoms with van der Waals surface area (Å²) in [6, 6.07) is 5.95. The number of hydrogen-bond donors (Lipinski definition) is 1. The van der Waals surface area contributed by atoms with E-state index >= 15 is 0 Å². The molecule has 17 heavy (non-hydrogen) atoms. The fraction of sp³-hybridized carbons (Fsp3) is 0.538. The first-order chi connectivity index (χ1) is 8.21. The van der Waals surface area contributed by atoms with Crippen LogP contribution in [-0.4, -0.2) is 45.0 Å². The van der Waals surface area contributed by atoms with Gasteiger partial charge in [0.2, 0.25) is 0 Å². The Labute approximate surface area is 109 Å². The van der Waals surface area contributed by atoms with Crippen molar-refractivity contribution in [2.24, 2.45) is 0 Å². The lowest BCUT2D eigenvalue weighted by molar-refractivity contribution is 0.354. The smallest absolute Gasteiger partial charge is 0.125 e. The van der Waals surface area contributed by atoms with Crippen molar-refractivity contribution in [3.05, 3.63) is 23.8 Å². The highest BCUT2D eigenvalue weighted by Gasteiger charge is 2.06. The Hall–Kier alpha value is -0.870. The molecule has 0 radical (unpaired) electrons. The third-order valence-corrected chi connectivity index (χ3v) is 2.94. The number of methoxy groups -OCH3 is 2. The van der Waals surface area contributed by atoms with Crippen LogP contribution in [0.2, 0.25) is 0 Å². The summed E-state index contributed by atoms with van der Waals surface area (Å²) < 4.78 is 10.5. The maximum atomic E-state index is 5.37. The maximum absolute atomic E-state index is 5.37. The van der Waals surface area contributed by atoms with Gasteiger partial charge >= 0.3 is 0 Å². The summed E-state index contributed by atoms with van der Waals surface area (Å²) in [5.41, 5.74) is 1.21. The summed E-state index contributed by atoms with van der Waals surface area (Å²) in [5.74, 6) is 2.61. The van der Waals surface area contributed by atoms with E-state index in [1.807, 2.05) is 12.1 Å². The average Bonchev–Trinajstić information content (AvgIpc) is 2.36. The zero-order chi connectivity index (χ0) is 12.7. The molecule has 4 heteroatoms. The molecule has 0 atom stereocenters. The zero-order valence-electron chi connectivity index (χ0n) is 10.8. The second kappa shape index (κ2) is 7.45. The quantitative estimate of drug-likeness (QED) is 0.754. The molecule has 0 saturated heterocycles. The van der Waals surface area contributed by atoms with Gasteiger partial charge in [-0.3, -0.25) is 0 Å². The van der Waals surface area contributed by atoms with E-state index in [2.05, 4.69) is 30.6 Å². The number of ether oxygens (including phenoxy) is 2. The molecular formula is C13H21NO2S. The van der Waals surface area contributed by atoms with Gasteiger partial charge < -0.3 is 14.4 Å². The second-order valence-electron chi connectivity index (χ2n) is 3.95. The van der Waals surface area contributed by atoms with E-state index in [0.29, 0.717) is 0 Å². The van der Waals surface area contributed by atoms with Gasteiger partial charge in [-0.25, -0.2) is 0 Å². The Kier molecular flexibility index (Phi) is 6.22. The fourth-order valence-corrected chi connectivity index (χ4v) is 1.99. The second-order valence-corrected chi connectivity index (χ2v) is 4.40. The first-order valence-corrected chi connectivity index (χ1v) is 6.34. The Balaban J connectivity index is 2.63. The van der Waals surface area contributed by atoms with Crippen molar-refractivity contribution in [2.45, 2.75) is 6.42 Å². The predicted molar refractivity (Wildman–Crippen MR) is 74.6 cm³/mol. The van der Waals surface area contributed by atoms with Crippen LogP contribution in [-0.2, 0) is 6.42 Å². The fourth-order valence-electron chi connectivity index (χ4n) is 1.65. The molecule has 96 valence electrons. The number of rotatable bonds is 7. The summed E-state index contributed by atoms with van der Waals surface area (Å²) in [6.45, 7) is 2.00. The monoisotopic (exact) mass is 255 g/mol. The summed E-state index contributed by atoms with van der Waals surface area (Å²) >= 11 is 4.22. The predicted octanol–water partition coefficient (Wildman–Crippen LogP) is 2.11. The van der Waals surface area contributed by atoms with Gasteiger partial charge in [0, 0.05) is 24.9 Å². The molecule has 1 rings (SSSR count). The molecule has 0 heterocycles. The van der Waals surface area contributed by atoms with Gasteiger partial charge in [-0.05, 0) is 25.1 Å². The average molecular weight is 255 g/mol. The van der Waals surface area contributed by atoms with Crippen molar-refractivity contribution in [2.75, 3.05) is 40.1 Å². The summed E-state index contributed by atoms with van der Waals surface area (Å²) in [6.07, 6.45) is 0.970. The third-order valence-electron chi connectivity index (χ3n) is 2.74. The van der Waals surface area contributed by atoms with Crippen LogP contribution in [0, 0.1) is 0 Å². The number of hydrogen-bond acceptors (Lipinski definition) is 4. The van der Waals surface area contributed by atoms with Crippen molar-refractivity contribution in [1.29, 1.82) is 0 Å². The van der Waals surface area contributed by atoms with Crippen molar-refractivity contribution in [3.63, 3.8) is 0 Å². The van der Waals surface area contributed by atoms with E-state index in [4.69, 9.17) is 9.47 Å². The molecule has 0 aliphatic heterocycles. The van der Waals surface area contributed by atoms with E-state index in [9.17, 15) is 0 Å². The molecule has 1 aromatic carbocycles. The summed E-state index contributed by atoms with van der Waals surface area (Å²) in [7, 11) is 5.46. The van der Waals surface area contributed by atoms with Crippen molar-refractivity contribution in [3.8, 4) is 11.5 Å². The molecule has 0 saturated carbocycles. The zero-order valence-corrected chi connectivity index (χ0v) is 11.7. The molecule has 0 aliphatic rings. The van der Waals surface area contributed by atoms with Crippen LogP contribution in [0.25, 0.3) is 0 Å². The van der Waals surface area contributed by atoms with Crippen LogP contribution in [0.3, 0.4) is 0 Å². The molecule has 1 aromatic rings. The van der Waals surface area contributed by atoms with Gasteiger partial charge in [0.05, 0.1) is 14.2 Å². The lowest BCUT2D eigenvalue weighted by Crippen LogP contribution is -2.23. The van der Waals surface area contributed by atoms with Gasteiger partial charge in [-0.15, -0.1) is 0 Å². The molecule has 3 nitrogen and oxygen atoms in total. The minimum Gasteiger partial charge on any atom is -0.497 e. The van der Waals surface area contributed by atoms with Crippen molar-refractivity contribution >= 4 is 12.6 Å². The van der Waals surface area contributed by atoms with Gasteiger partial charge in [0.1, 0.15) is 11.5 Å². The summed E-state index contributed by atoms with van der Waals surface area (Å²) in [5, 5.41) is 0. The van der Waals surface area contributed by atoms with Crippen LogP contribution in [0.5, 0.6) is 11.5 Å². The van der Waals surface area contributed by atoms with Gasteiger partial charge in [0.25, 0.3) is 0 Å². The molecule has 0 aliphatic carbocycles. The number of likely N-dealkylation sites (N-methyl/N-ethyl adjacent to an activating group) is 1. The number of nitrogens with zero attached hydrogens (tertiary/aromatic N) is 1. The van der Waals surface area contributed by atoms with E-state index < -0.39 is 0 Å². The Bertz CT molecular complexity index is 344. The molecule has 0 fully saturated rings. The van der Waals surface area contributed by atoms with Crippen molar-refractivity contribution < 1.29 is 9.47 Å². The Morgan fingerprint density at radius 3 is 2.53 bits per heavy atom. The topological polar surface area (TPSA) is 21.7 Å². The Morgan fingerprint density at radius 2 is 1.94 bits per heavy atom. The highest BCUT2D eigenvalue weighted by atomic mass is 32.1. The van der Waals surface area contributed by atoms with E-state index in [-0.39, 0.29) is 0 Å². The van der Waals surface area contributed by atoms with Gasteiger partial charge in [0.15, 0.2) is 0 Å². The minimum atomic E-state index is 0.828. The van der Waals surface area contributed by atoms with Gasteiger partial charge in [-0.1, -0.05) is 6.07 Å². The summed E-state index contributed by atoms with van der Waals surface area (Å²) in [4.78, 5) is 2.26. The Morgan fingerprint density at radius 1 is 1.18 bits per heavy atom. The maximum Gasteiger partial charge on any atom is 0.125 e. The SMILES string of the molecule is COc1ccc(CCN(C)CCS)c(OC)c1. The molecule has 0 amide bonds. The van der Waals surface area contributed by atoms with Crippen LogP contribution < -0.4 is 9.47 Å². The van der Waals surface area contributed by atoms with E-state index in [0.717, 1.165) is 36.8 Å². The van der Waals surface area contributed by atoms with Crippen LogP contribution in [0.15, 0.2) is 18.2 Å². The lowest BCUT2D eigenvalue weighted by atomic mass is 10.1. The molecular weight excluding hydrogens is 234 g/mol. The minimum absolute atomic E-state index is 0.828. The number of benzene rings is 1. The molecule has 0 aromatic heterocycles. The highest BCUT2D eigenvalue weighted by molar-refractivity contribution is 7.80. The lowest BCUT2D eigenvalue weighted by Gasteiger charge is -2.16. The largest absolute Gasteiger partial charge is 0.497 e. The molecule has 0 spiro atoms. The van der Waals surface area contributed by atoms with Crippen molar-refractivity contribution in [1.82, 2.24) is 4.90 Å². The third kappa shape index (κ3) is 4.48. The van der Waals surface area contributed by atoms with Crippen LogP contribution in [0.4, 0.5) is 0 Å². The van der Waals surface area contributed by atoms with Gasteiger partial charge in [-0.2, -0.15) is 12.6 Å². The van der Waals surface area contributed by atoms with E-state index in [1.54, 1.807) is 14.2 Å². The van der Waals surface area contributed by atoms with Crippen LogP contribution in [0.1, 0.15) is 5.56 Å². The first-order valence-electron chi connectivity index (χ1n) is 5.71. The standard InChI is InChI=1S/C13H21NO2S/c1-14(8-9-17)7-6-11-4-5-12(15-2)10-13(11)16-3/h4-5,10,17H,6-9H2,1-3H3. The van der Waals surface area contributed by atoms with E-state index in [1.165, 1.54) is 5.56 Å². The number of thiol groups is 1.